The number of nitrogens with zero attached hydrogens (tertiary/aromatic N) is 1. The standard InChI is InChI=1S/C18H26FN3O3/c1-13-4-5-15(12-14(13)2)21-17(24)22-9-6-18(19,7-10-22)16(23)20-8-11-25-3/h4-5,12H,6-11H2,1-3H3,(H,20,23)(H,21,24). The van der Waals surface area contributed by atoms with Gasteiger partial charge in [-0.1, -0.05) is 6.07 Å². The van der Waals surface area contributed by atoms with E-state index in [0.717, 1.165) is 11.1 Å². The lowest BCUT2D eigenvalue weighted by atomic mass is 9.92. The van der Waals surface area contributed by atoms with Crippen LogP contribution in [0.15, 0.2) is 18.2 Å². The Balaban J connectivity index is 1.87. The smallest absolute Gasteiger partial charge is 0.321 e. The van der Waals surface area contributed by atoms with Gasteiger partial charge in [0.2, 0.25) is 0 Å². The van der Waals surface area contributed by atoms with Crippen LogP contribution in [0, 0.1) is 13.8 Å². The Hall–Kier alpha value is -2.15. The lowest BCUT2D eigenvalue weighted by Gasteiger charge is -2.35. The number of amides is 3. The van der Waals surface area contributed by atoms with Gasteiger partial charge in [0.05, 0.1) is 6.61 Å². The van der Waals surface area contributed by atoms with Gasteiger partial charge in [-0.25, -0.2) is 9.18 Å². The molecule has 1 aromatic rings. The average molecular weight is 351 g/mol. The van der Waals surface area contributed by atoms with Crippen molar-refractivity contribution in [1.29, 1.82) is 0 Å². The van der Waals surface area contributed by atoms with E-state index in [2.05, 4.69) is 10.6 Å². The summed E-state index contributed by atoms with van der Waals surface area (Å²) in [5.41, 5.74) is 1.03. The van der Waals surface area contributed by atoms with E-state index in [1.54, 1.807) is 0 Å². The van der Waals surface area contributed by atoms with Crippen LogP contribution in [0.5, 0.6) is 0 Å². The molecule has 1 heterocycles. The number of nitrogens with one attached hydrogen (secondary N) is 2. The monoisotopic (exact) mass is 351 g/mol. The van der Waals surface area contributed by atoms with Crippen LogP contribution in [0.25, 0.3) is 0 Å². The summed E-state index contributed by atoms with van der Waals surface area (Å²) in [5, 5.41) is 5.36. The first kappa shape index (κ1) is 19.2. The van der Waals surface area contributed by atoms with E-state index in [9.17, 15) is 14.0 Å². The van der Waals surface area contributed by atoms with Gasteiger partial charge in [-0.2, -0.15) is 0 Å². The Morgan fingerprint density at radius 1 is 1.24 bits per heavy atom. The van der Waals surface area contributed by atoms with Crippen molar-refractivity contribution in [3.8, 4) is 0 Å². The highest BCUT2D eigenvalue weighted by Gasteiger charge is 2.42. The minimum atomic E-state index is -1.93. The van der Waals surface area contributed by atoms with Crippen molar-refractivity contribution >= 4 is 17.6 Å². The van der Waals surface area contributed by atoms with Gasteiger partial charge in [0, 0.05) is 45.3 Å². The number of aryl methyl sites for hydroxylation is 2. The van der Waals surface area contributed by atoms with Crippen molar-refractivity contribution in [2.75, 3.05) is 38.7 Å². The molecule has 0 atom stereocenters. The van der Waals surface area contributed by atoms with Crippen LogP contribution in [0.4, 0.5) is 14.9 Å². The highest BCUT2D eigenvalue weighted by molar-refractivity contribution is 5.90. The summed E-state index contributed by atoms with van der Waals surface area (Å²) in [4.78, 5) is 25.8. The molecule has 3 amide bonds. The summed E-state index contributed by atoms with van der Waals surface area (Å²) in [5.74, 6) is -0.626. The van der Waals surface area contributed by atoms with Gasteiger partial charge in [-0.05, 0) is 37.1 Å². The van der Waals surface area contributed by atoms with E-state index in [4.69, 9.17) is 4.74 Å². The van der Waals surface area contributed by atoms with Crippen LogP contribution in [0.1, 0.15) is 24.0 Å². The molecule has 0 radical (unpaired) electrons. The van der Waals surface area contributed by atoms with E-state index < -0.39 is 11.6 Å². The largest absolute Gasteiger partial charge is 0.383 e. The molecule has 138 valence electrons. The summed E-state index contributed by atoms with van der Waals surface area (Å²) in [6, 6.07) is 5.41. The molecule has 1 aliphatic rings. The number of rotatable bonds is 5. The van der Waals surface area contributed by atoms with Crippen molar-refractivity contribution in [3.05, 3.63) is 29.3 Å². The Kier molecular flexibility index (Phi) is 6.36. The maximum absolute atomic E-state index is 14.7. The molecular weight excluding hydrogens is 325 g/mol. The van der Waals surface area contributed by atoms with Crippen LogP contribution in [0.3, 0.4) is 0 Å². The number of piperidine rings is 1. The third-order valence-electron chi connectivity index (χ3n) is 4.60. The number of carbonyl (C=O) groups excluding carboxylic acids is 2. The van der Waals surface area contributed by atoms with Crippen LogP contribution in [-0.4, -0.2) is 55.9 Å². The lowest BCUT2D eigenvalue weighted by Crippen LogP contribution is -2.53. The van der Waals surface area contributed by atoms with Crippen molar-refractivity contribution < 1.29 is 18.7 Å². The summed E-state index contributed by atoms with van der Waals surface area (Å²) >= 11 is 0. The minimum Gasteiger partial charge on any atom is -0.383 e. The molecule has 6 nitrogen and oxygen atoms in total. The van der Waals surface area contributed by atoms with Crippen molar-refractivity contribution in [2.45, 2.75) is 32.4 Å². The SMILES string of the molecule is COCCNC(=O)C1(F)CCN(C(=O)Nc2ccc(C)c(C)c2)CC1. The van der Waals surface area contributed by atoms with Crippen LogP contribution >= 0.6 is 0 Å². The zero-order valence-electron chi connectivity index (χ0n) is 15.0. The predicted molar refractivity (Wildman–Crippen MR) is 94.5 cm³/mol. The zero-order chi connectivity index (χ0) is 18.4. The van der Waals surface area contributed by atoms with Gasteiger partial charge in [0.15, 0.2) is 5.67 Å². The molecule has 0 aliphatic carbocycles. The van der Waals surface area contributed by atoms with Crippen molar-refractivity contribution in [3.63, 3.8) is 0 Å². The highest BCUT2D eigenvalue weighted by Crippen LogP contribution is 2.27. The van der Waals surface area contributed by atoms with E-state index in [1.807, 2.05) is 32.0 Å². The number of carbonyl (C=O) groups is 2. The highest BCUT2D eigenvalue weighted by atomic mass is 19.1. The number of alkyl halides is 1. The number of hydrogen-bond acceptors (Lipinski definition) is 3. The number of methoxy groups -OCH3 is 1. The fourth-order valence-corrected chi connectivity index (χ4v) is 2.74. The van der Waals surface area contributed by atoms with E-state index >= 15 is 0 Å². The van der Waals surface area contributed by atoms with E-state index in [0.29, 0.717) is 12.3 Å². The second kappa shape index (κ2) is 8.29. The van der Waals surface area contributed by atoms with Crippen LogP contribution < -0.4 is 10.6 Å². The average Bonchev–Trinajstić information content (AvgIpc) is 2.59. The second-order valence-corrected chi connectivity index (χ2v) is 6.43. The van der Waals surface area contributed by atoms with E-state index in [-0.39, 0.29) is 38.5 Å². The first-order chi connectivity index (χ1) is 11.9. The molecule has 0 unspecified atom stereocenters. The molecule has 0 aromatic heterocycles. The van der Waals surface area contributed by atoms with Gasteiger partial charge >= 0.3 is 6.03 Å². The maximum Gasteiger partial charge on any atom is 0.321 e. The van der Waals surface area contributed by atoms with Gasteiger partial charge < -0.3 is 20.3 Å². The number of benzene rings is 1. The molecule has 25 heavy (non-hydrogen) atoms. The zero-order valence-corrected chi connectivity index (χ0v) is 15.0. The number of anilines is 1. The minimum absolute atomic E-state index is 0.00778. The molecule has 0 spiro atoms. The quantitative estimate of drug-likeness (QED) is 0.801. The topological polar surface area (TPSA) is 70.7 Å². The van der Waals surface area contributed by atoms with Gasteiger partial charge in [0.25, 0.3) is 5.91 Å². The number of halogens is 1. The Morgan fingerprint density at radius 3 is 2.52 bits per heavy atom. The normalized spacial score (nSPS) is 16.4. The molecule has 1 fully saturated rings. The van der Waals surface area contributed by atoms with E-state index in [1.165, 1.54) is 12.0 Å². The van der Waals surface area contributed by atoms with Gasteiger partial charge in [-0.15, -0.1) is 0 Å². The molecule has 1 aliphatic heterocycles. The maximum atomic E-state index is 14.7. The lowest BCUT2D eigenvalue weighted by molar-refractivity contribution is -0.135. The van der Waals surface area contributed by atoms with Crippen molar-refractivity contribution in [1.82, 2.24) is 10.2 Å². The predicted octanol–water partition coefficient (Wildman–Crippen LogP) is 2.40. The number of urea groups is 1. The summed E-state index contributed by atoms with van der Waals surface area (Å²) in [6.07, 6.45) is -0.0156. The summed E-state index contributed by atoms with van der Waals surface area (Å²) < 4.78 is 19.6. The fourth-order valence-electron chi connectivity index (χ4n) is 2.74. The number of ether oxygens (including phenoxy) is 1. The molecule has 7 heteroatoms. The van der Waals surface area contributed by atoms with Crippen LogP contribution in [-0.2, 0) is 9.53 Å². The first-order valence-corrected chi connectivity index (χ1v) is 8.45. The Morgan fingerprint density at radius 2 is 1.92 bits per heavy atom. The summed E-state index contributed by atoms with van der Waals surface area (Å²) in [7, 11) is 1.52. The molecule has 1 saturated heterocycles. The van der Waals surface area contributed by atoms with Gasteiger partial charge in [-0.3, -0.25) is 4.79 Å². The molecule has 2 N–H and O–H groups in total. The molecular formula is C18H26FN3O3. The fraction of sp³-hybridized carbons (Fsp3) is 0.556. The number of likely N-dealkylation sites (tertiary alicyclic amines) is 1. The second-order valence-electron chi connectivity index (χ2n) is 6.43. The first-order valence-electron chi connectivity index (χ1n) is 8.45. The Labute approximate surface area is 147 Å². The van der Waals surface area contributed by atoms with Gasteiger partial charge in [0.1, 0.15) is 0 Å². The summed E-state index contributed by atoms with van der Waals surface area (Å²) in [6.45, 7) is 5.00. The third-order valence-corrected chi connectivity index (χ3v) is 4.60. The van der Waals surface area contributed by atoms with Crippen molar-refractivity contribution in [2.24, 2.45) is 0 Å². The molecule has 2 rings (SSSR count). The molecule has 1 aromatic carbocycles. The molecule has 0 bridgehead atoms. The Bertz CT molecular complexity index is 628. The van der Waals surface area contributed by atoms with Crippen LogP contribution in [0.2, 0.25) is 0 Å². The number of hydrogen-bond donors (Lipinski definition) is 2. The third kappa shape index (κ3) is 4.92. The molecule has 0 saturated carbocycles.